The molecule has 1 amide bonds. The van der Waals surface area contributed by atoms with Gasteiger partial charge in [-0.2, -0.15) is 0 Å². The van der Waals surface area contributed by atoms with Gasteiger partial charge >= 0.3 is 0 Å². The lowest BCUT2D eigenvalue weighted by Crippen LogP contribution is -2.14. The minimum atomic E-state index is -0.232. The van der Waals surface area contributed by atoms with Crippen molar-refractivity contribution < 1.29 is 14.3 Å². The van der Waals surface area contributed by atoms with Gasteiger partial charge in [-0.15, -0.1) is 0 Å². The molecule has 1 N–H and O–H groups in total. The third kappa shape index (κ3) is 4.81. The van der Waals surface area contributed by atoms with Crippen LogP contribution in [0.2, 0.25) is 0 Å². The van der Waals surface area contributed by atoms with Gasteiger partial charge in [-0.1, -0.05) is 30.3 Å². The molecule has 0 radical (unpaired) electrons. The number of ether oxygens (including phenoxy) is 2. The zero-order chi connectivity index (χ0) is 17.3. The summed E-state index contributed by atoms with van der Waals surface area (Å²) in [5.41, 5.74) is 1.10. The zero-order valence-electron chi connectivity index (χ0n) is 13.6. The molecule has 3 aromatic rings. The number of pyridine rings is 1. The third-order valence-electron chi connectivity index (χ3n) is 3.41. The number of anilines is 1. The van der Waals surface area contributed by atoms with Gasteiger partial charge < -0.3 is 14.8 Å². The van der Waals surface area contributed by atoms with Crippen molar-refractivity contribution in [2.24, 2.45) is 0 Å². The molecule has 5 nitrogen and oxygen atoms in total. The standard InChI is InChI=1S/C20H18N2O3/c23-20(16-7-6-12-21-15-16)22-18-10-4-5-11-19(18)25-14-13-24-17-8-2-1-3-9-17/h1-12,15H,13-14H2,(H,22,23). The number of aromatic nitrogens is 1. The predicted molar refractivity (Wildman–Crippen MR) is 96.1 cm³/mol. The number of benzene rings is 2. The summed E-state index contributed by atoms with van der Waals surface area (Å²) in [6.07, 6.45) is 3.15. The highest BCUT2D eigenvalue weighted by molar-refractivity contribution is 6.04. The highest BCUT2D eigenvalue weighted by Crippen LogP contribution is 2.24. The summed E-state index contributed by atoms with van der Waals surface area (Å²) < 4.78 is 11.3. The van der Waals surface area contributed by atoms with Crippen molar-refractivity contribution in [3.05, 3.63) is 84.7 Å². The second-order valence-corrected chi connectivity index (χ2v) is 5.20. The van der Waals surface area contributed by atoms with Crippen molar-refractivity contribution in [2.45, 2.75) is 0 Å². The molecule has 0 fully saturated rings. The Labute approximate surface area is 146 Å². The number of hydrogen-bond acceptors (Lipinski definition) is 4. The third-order valence-corrected chi connectivity index (χ3v) is 3.41. The van der Waals surface area contributed by atoms with E-state index in [9.17, 15) is 4.79 Å². The molecule has 3 rings (SSSR count). The van der Waals surface area contributed by atoms with Crippen molar-refractivity contribution in [3.8, 4) is 11.5 Å². The van der Waals surface area contributed by atoms with E-state index in [1.54, 1.807) is 30.5 Å². The number of para-hydroxylation sites is 3. The molecular formula is C20H18N2O3. The van der Waals surface area contributed by atoms with Crippen LogP contribution in [-0.2, 0) is 0 Å². The van der Waals surface area contributed by atoms with E-state index < -0.39 is 0 Å². The molecule has 0 atom stereocenters. The summed E-state index contributed by atoms with van der Waals surface area (Å²) >= 11 is 0. The lowest BCUT2D eigenvalue weighted by atomic mass is 10.2. The first-order valence-corrected chi connectivity index (χ1v) is 7.94. The molecule has 0 aliphatic heterocycles. The predicted octanol–water partition coefficient (Wildman–Crippen LogP) is 3.79. The number of nitrogens with zero attached hydrogens (tertiary/aromatic N) is 1. The van der Waals surface area contributed by atoms with Crippen LogP contribution in [0.5, 0.6) is 11.5 Å². The van der Waals surface area contributed by atoms with Crippen LogP contribution < -0.4 is 14.8 Å². The van der Waals surface area contributed by atoms with Gasteiger partial charge in [-0.05, 0) is 36.4 Å². The number of amides is 1. The SMILES string of the molecule is O=C(Nc1ccccc1OCCOc1ccccc1)c1cccnc1. The second-order valence-electron chi connectivity index (χ2n) is 5.20. The van der Waals surface area contributed by atoms with Crippen LogP contribution in [0.3, 0.4) is 0 Å². The lowest BCUT2D eigenvalue weighted by Gasteiger charge is -2.13. The van der Waals surface area contributed by atoms with Crippen molar-refractivity contribution in [1.82, 2.24) is 4.98 Å². The maximum absolute atomic E-state index is 12.2. The summed E-state index contributed by atoms with van der Waals surface area (Å²) in [5.74, 6) is 1.16. The molecule has 25 heavy (non-hydrogen) atoms. The Bertz CT molecular complexity index is 807. The average molecular weight is 334 g/mol. The Kier molecular flexibility index (Phi) is 5.61. The molecular weight excluding hydrogens is 316 g/mol. The molecule has 126 valence electrons. The first-order chi connectivity index (χ1) is 12.3. The fraction of sp³-hybridized carbons (Fsp3) is 0.100. The molecule has 0 aliphatic rings. The normalized spacial score (nSPS) is 10.1. The fourth-order valence-corrected chi connectivity index (χ4v) is 2.22. The van der Waals surface area contributed by atoms with Crippen molar-refractivity contribution in [1.29, 1.82) is 0 Å². The van der Waals surface area contributed by atoms with E-state index in [2.05, 4.69) is 10.3 Å². The number of hydrogen-bond donors (Lipinski definition) is 1. The molecule has 1 heterocycles. The molecule has 0 saturated carbocycles. The maximum Gasteiger partial charge on any atom is 0.257 e. The first-order valence-electron chi connectivity index (χ1n) is 7.94. The van der Waals surface area contributed by atoms with Gasteiger partial charge in [0.1, 0.15) is 24.7 Å². The Morgan fingerprint density at radius 3 is 2.44 bits per heavy atom. The van der Waals surface area contributed by atoms with Gasteiger partial charge in [-0.3, -0.25) is 9.78 Å². The van der Waals surface area contributed by atoms with Crippen molar-refractivity contribution in [2.75, 3.05) is 18.5 Å². The summed E-state index contributed by atoms with van der Waals surface area (Å²) in [4.78, 5) is 16.2. The summed E-state index contributed by atoms with van der Waals surface area (Å²) in [5, 5.41) is 2.84. The van der Waals surface area contributed by atoms with E-state index in [1.165, 1.54) is 6.20 Å². The molecule has 1 aromatic heterocycles. The molecule has 0 saturated heterocycles. The number of carbonyl (C=O) groups is 1. The molecule has 2 aromatic carbocycles. The zero-order valence-corrected chi connectivity index (χ0v) is 13.6. The second kappa shape index (κ2) is 8.49. The van der Waals surface area contributed by atoms with Crippen molar-refractivity contribution in [3.63, 3.8) is 0 Å². The largest absolute Gasteiger partial charge is 0.490 e. The smallest absolute Gasteiger partial charge is 0.257 e. The quantitative estimate of drug-likeness (QED) is 0.668. The van der Waals surface area contributed by atoms with Gasteiger partial charge in [0, 0.05) is 12.4 Å². The summed E-state index contributed by atoms with van der Waals surface area (Å²) in [7, 11) is 0. The van der Waals surface area contributed by atoms with E-state index in [0.29, 0.717) is 30.2 Å². The van der Waals surface area contributed by atoms with Crippen LogP contribution in [0.25, 0.3) is 0 Å². The Balaban J connectivity index is 1.56. The summed E-state index contributed by atoms with van der Waals surface area (Å²) in [6.45, 7) is 0.781. The van der Waals surface area contributed by atoms with Crippen LogP contribution in [0.15, 0.2) is 79.1 Å². The minimum Gasteiger partial charge on any atom is -0.490 e. The Morgan fingerprint density at radius 1 is 0.880 bits per heavy atom. The van der Waals surface area contributed by atoms with Gasteiger partial charge in [-0.25, -0.2) is 0 Å². The van der Waals surface area contributed by atoms with Crippen LogP contribution in [-0.4, -0.2) is 24.1 Å². The average Bonchev–Trinajstić information content (AvgIpc) is 2.68. The Hall–Kier alpha value is -3.34. The van der Waals surface area contributed by atoms with Crippen LogP contribution in [0.1, 0.15) is 10.4 Å². The first kappa shape index (κ1) is 16.5. The maximum atomic E-state index is 12.2. The van der Waals surface area contributed by atoms with Crippen LogP contribution in [0, 0.1) is 0 Å². The van der Waals surface area contributed by atoms with E-state index in [0.717, 1.165) is 5.75 Å². The molecule has 0 aliphatic carbocycles. The molecule has 0 unspecified atom stereocenters. The highest BCUT2D eigenvalue weighted by Gasteiger charge is 2.09. The van der Waals surface area contributed by atoms with Gasteiger partial charge in [0.05, 0.1) is 11.3 Å². The van der Waals surface area contributed by atoms with Gasteiger partial charge in [0.15, 0.2) is 0 Å². The van der Waals surface area contributed by atoms with Gasteiger partial charge in [0.25, 0.3) is 5.91 Å². The monoisotopic (exact) mass is 334 g/mol. The van der Waals surface area contributed by atoms with Crippen molar-refractivity contribution >= 4 is 11.6 Å². The van der Waals surface area contributed by atoms with Crippen LogP contribution >= 0.6 is 0 Å². The topological polar surface area (TPSA) is 60.5 Å². The molecule has 0 spiro atoms. The highest BCUT2D eigenvalue weighted by atomic mass is 16.5. The van der Waals surface area contributed by atoms with E-state index >= 15 is 0 Å². The number of nitrogens with one attached hydrogen (secondary N) is 1. The van der Waals surface area contributed by atoms with Gasteiger partial charge in [0.2, 0.25) is 0 Å². The molecule has 0 bridgehead atoms. The minimum absolute atomic E-state index is 0.232. The number of carbonyl (C=O) groups excluding carboxylic acids is 1. The van der Waals surface area contributed by atoms with Crippen LogP contribution in [0.4, 0.5) is 5.69 Å². The Morgan fingerprint density at radius 2 is 1.64 bits per heavy atom. The van der Waals surface area contributed by atoms with E-state index in [-0.39, 0.29) is 5.91 Å². The van der Waals surface area contributed by atoms with E-state index in [4.69, 9.17) is 9.47 Å². The van der Waals surface area contributed by atoms with E-state index in [1.807, 2.05) is 42.5 Å². The lowest BCUT2D eigenvalue weighted by molar-refractivity contribution is 0.102. The number of rotatable bonds is 7. The summed E-state index contributed by atoms with van der Waals surface area (Å²) in [6, 6.07) is 20.3. The molecule has 5 heteroatoms. The fourth-order valence-electron chi connectivity index (χ4n) is 2.22.